The van der Waals surface area contributed by atoms with Crippen LogP contribution in [-0.2, 0) is 6.54 Å². The second-order valence-corrected chi connectivity index (χ2v) is 5.59. The van der Waals surface area contributed by atoms with Gasteiger partial charge in [-0.2, -0.15) is 0 Å². The molecule has 0 aliphatic heterocycles. The highest BCUT2D eigenvalue weighted by Gasteiger charge is 2.07. The lowest BCUT2D eigenvalue weighted by Crippen LogP contribution is -1.99. The molecule has 7 heteroatoms. The van der Waals surface area contributed by atoms with Gasteiger partial charge < -0.3 is 5.32 Å². The molecule has 0 saturated heterocycles. The first-order chi connectivity index (χ1) is 10.7. The molecule has 1 N–H and O–H groups in total. The van der Waals surface area contributed by atoms with Crippen molar-refractivity contribution in [3.63, 3.8) is 0 Å². The first-order valence-corrected chi connectivity index (χ1v) is 7.40. The van der Waals surface area contributed by atoms with Crippen molar-refractivity contribution in [2.75, 3.05) is 5.32 Å². The summed E-state index contributed by atoms with van der Waals surface area (Å²) in [6.45, 7) is 0.530. The van der Waals surface area contributed by atoms with Crippen molar-refractivity contribution < 1.29 is 4.92 Å². The molecule has 0 atom stereocenters. The molecular weight excluding hydrogens is 300 g/mol. The van der Waals surface area contributed by atoms with E-state index >= 15 is 0 Å². The zero-order valence-electron chi connectivity index (χ0n) is 11.5. The van der Waals surface area contributed by atoms with Gasteiger partial charge in [-0.25, -0.2) is 0 Å². The fourth-order valence-electron chi connectivity index (χ4n) is 1.90. The van der Waals surface area contributed by atoms with Crippen LogP contribution in [0.15, 0.2) is 54.6 Å². The summed E-state index contributed by atoms with van der Waals surface area (Å²) in [5.41, 5.74) is 1.93. The number of hydrogen-bond acceptors (Lipinski definition) is 6. The number of anilines is 1. The van der Waals surface area contributed by atoms with Crippen molar-refractivity contribution in [3.05, 3.63) is 69.7 Å². The van der Waals surface area contributed by atoms with Crippen molar-refractivity contribution in [3.8, 4) is 10.6 Å². The van der Waals surface area contributed by atoms with Crippen LogP contribution >= 0.6 is 11.3 Å². The van der Waals surface area contributed by atoms with Gasteiger partial charge in [0.05, 0.1) is 11.5 Å². The van der Waals surface area contributed by atoms with Crippen LogP contribution in [0.3, 0.4) is 0 Å². The predicted molar refractivity (Wildman–Crippen MR) is 85.8 cm³/mol. The molecule has 0 fully saturated rings. The number of non-ortho nitro benzene ring substituents is 1. The van der Waals surface area contributed by atoms with E-state index in [2.05, 4.69) is 15.5 Å². The van der Waals surface area contributed by atoms with Crippen molar-refractivity contribution in [1.29, 1.82) is 0 Å². The van der Waals surface area contributed by atoms with Gasteiger partial charge in [0, 0.05) is 23.4 Å². The van der Waals surface area contributed by atoms with Crippen molar-refractivity contribution in [2.24, 2.45) is 0 Å². The van der Waals surface area contributed by atoms with Crippen LogP contribution in [0.2, 0.25) is 0 Å². The van der Waals surface area contributed by atoms with Gasteiger partial charge in [-0.05, 0) is 12.1 Å². The Balaban J connectivity index is 1.65. The Morgan fingerprint density at radius 2 is 1.77 bits per heavy atom. The van der Waals surface area contributed by atoms with Gasteiger partial charge in [0.2, 0.25) is 0 Å². The fraction of sp³-hybridized carbons (Fsp3) is 0.0667. The van der Waals surface area contributed by atoms with Crippen molar-refractivity contribution in [2.45, 2.75) is 6.54 Å². The molecule has 0 aliphatic carbocycles. The van der Waals surface area contributed by atoms with Crippen LogP contribution < -0.4 is 5.32 Å². The highest BCUT2D eigenvalue weighted by Crippen LogP contribution is 2.23. The second kappa shape index (κ2) is 6.31. The fourth-order valence-corrected chi connectivity index (χ4v) is 2.69. The monoisotopic (exact) mass is 312 g/mol. The molecule has 0 bridgehead atoms. The molecule has 22 heavy (non-hydrogen) atoms. The lowest BCUT2D eigenvalue weighted by atomic mass is 10.2. The van der Waals surface area contributed by atoms with Gasteiger partial charge >= 0.3 is 0 Å². The highest BCUT2D eigenvalue weighted by molar-refractivity contribution is 7.14. The van der Waals surface area contributed by atoms with E-state index < -0.39 is 4.92 Å². The van der Waals surface area contributed by atoms with Crippen LogP contribution in [0.1, 0.15) is 5.01 Å². The maximum atomic E-state index is 10.6. The average Bonchev–Trinajstić information content (AvgIpc) is 3.03. The Bertz CT molecular complexity index is 772. The molecule has 0 spiro atoms. The quantitative estimate of drug-likeness (QED) is 0.573. The van der Waals surface area contributed by atoms with E-state index in [0.29, 0.717) is 6.54 Å². The number of benzene rings is 2. The van der Waals surface area contributed by atoms with Crippen molar-refractivity contribution >= 4 is 22.7 Å². The number of nitrogens with zero attached hydrogens (tertiary/aromatic N) is 3. The van der Waals surface area contributed by atoms with Gasteiger partial charge in [0.25, 0.3) is 5.69 Å². The first kappa shape index (κ1) is 14.2. The number of rotatable bonds is 5. The maximum Gasteiger partial charge on any atom is 0.269 e. The topological polar surface area (TPSA) is 81.0 Å². The summed E-state index contributed by atoms with van der Waals surface area (Å²) in [5, 5.41) is 23.8. The summed E-state index contributed by atoms with van der Waals surface area (Å²) in [4.78, 5) is 10.2. The first-order valence-electron chi connectivity index (χ1n) is 6.58. The summed E-state index contributed by atoms with van der Waals surface area (Å²) in [6.07, 6.45) is 0. The molecule has 0 unspecified atom stereocenters. The van der Waals surface area contributed by atoms with E-state index in [1.165, 1.54) is 23.5 Å². The number of nitro benzene ring substituents is 1. The molecule has 3 rings (SSSR count). The lowest BCUT2D eigenvalue weighted by Gasteiger charge is -2.02. The molecule has 2 aromatic carbocycles. The molecule has 110 valence electrons. The van der Waals surface area contributed by atoms with Crippen molar-refractivity contribution in [1.82, 2.24) is 10.2 Å². The molecule has 1 heterocycles. The third-order valence-electron chi connectivity index (χ3n) is 3.01. The van der Waals surface area contributed by atoms with E-state index in [1.54, 1.807) is 12.1 Å². The standard InChI is InChI=1S/C15H12N4O2S/c20-19(21)13-8-6-12(7-9-13)16-10-14-17-18-15(22-14)11-4-2-1-3-5-11/h1-9,16H,10H2. The third-order valence-corrected chi connectivity index (χ3v) is 3.98. The van der Waals surface area contributed by atoms with Crippen LogP contribution in [0, 0.1) is 10.1 Å². The second-order valence-electron chi connectivity index (χ2n) is 4.52. The third kappa shape index (κ3) is 3.26. The summed E-state index contributed by atoms with van der Waals surface area (Å²) in [7, 11) is 0. The Labute approximate surface area is 130 Å². The van der Waals surface area contributed by atoms with E-state index in [9.17, 15) is 10.1 Å². The number of aromatic nitrogens is 2. The SMILES string of the molecule is O=[N+]([O-])c1ccc(NCc2nnc(-c3ccccc3)s2)cc1. The predicted octanol–water partition coefficient (Wildman–Crippen LogP) is 3.73. The van der Waals surface area contributed by atoms with E-state index in [1.807, 2.05) is 30.3 Å². The minimum absolute atomic E-state index is 0.0767. The number of nitrogens with one attached hydrogen (secondary N) is 1. The van der Waals surface area contributed by atoms with E-state index in [4.69, 9.17) is 0 Å². The Kier molecular flexibility index (Phi) is 4.06. The summed E-state index contributed by atoms with van der Waals surface area (Å²) < 4.78 is 0. The molecule has 0 saturated carbocycles. The Morgan fingerprint density at radius 3 is 2.45 bits per heavy atom. The zero-order chi connectivity index (χ0) is 15.4. The Hall–Kier alpha value is -2.80. The van der Waals surface area contributed by atoms with Crippen LogP contribution in [0.5, 0.6) is 0 Å². The Morgan fingerprint density at radius 1 is 1.05 bits per heavy atom. The van der Waals surface area contributed by atoms with Crippen LogP contribution in [0.4, 0.5) is 11.4 Å². The summed E-state index contributed by atoms with van der Waals surface area (Å²) >= 11 is 1.52. The molecule has 0 amide bonds. The number of hydrogen-bond donors (Lipinski definition) is 1. The summed E-state index contributed by atoms with van der Waals surface area (Å²) in [5.74, 6) is 0. The minimum Gasteiger partial charge on any atom is -0.378 e. The maximum absolute atomic E-state index is 10.6. The lowest BCUT2D eigenvalue weighted by molar-refractivity contribution is -0.384. The molecule has 6 nitrogen and oxygen atoms in total. The van der Waals surface area contributed by atoms with E-state index in [-0.39, 0.29) is 5.69 Å². The molecule has 0 radical (unpaired) electrons. The molecule has 0 aliphatic rings. The van der Waals surface area contributed by atoms with Gasteiger partial charge in [0.15, 0.2) is 0 Å². The highest BCUT2D eigenvalue weighted by atomic mass is 32.1. The smallest absolute Gasteiger partial charge is 0.269 e. The number of nitro groups is 1. The normalized spacial score (nSPS) is 10.4. The zero-order valence-corrected chi connectivity index (χ0v) is 12.3. The molecular formula is C15H12N4O2S. The van der Waals surface area contributed by atoms with Gasteiger partial charge in [-0.15, -0.1) is 10.2 Å². The van der Waals surface area contributed by atoms with E-state index in [0.717, 1.165) is 21.3 Å². The average molecular weight is 312 g/mol. The largest absolute Gasteiger partial charge is 0.378 e. The minimum atomic E-state index is -0.416. The van der Waals surface area contributed by atoms with Gasteiger partial charge in [0.1, 0.15) is 10.0 Å². The van der Waals surface area contributed by atoms with Gasteiger partial charge in [-0.3, -0.25) is 10.1 Å². The van der Waals surface area contributed by atoms with Gasteiger partial charge in [-0.1, -0.05) is 41.7 Å². The summed E-state index contributed by atoms with van der Waals surface area (Å²) in [6, 6.07) is 16.2. The van der Waals surface area contributed by atoms with Crippen LogP contribution in [-0.4, -0.2) is 15.1 Å². The molecule has 1 aromatic heterocycles. The molecule has 3 aromatic rings. The van der Waals surface area contributed by atoms with Crippen LogP contribution in [0.25, 0.3) is 10.6 Å².